The lowest BCUT2D eigenvalue weighted by Crippen LogP contribution is -2.34. The molecule has 0 aliphatic carbocycles. The van der Waals surface area contributed by atoms with Gasteiger partial charge in [0.05, 0.1) is 11.2 Å². The number of nitrogens with zero attached hydrogens (tertiary/aromatic N) is 5. The Hall–Kier alpha value is -1.93. The monoisotopic (exact) mass is 293 g/mol. The Morgan fingerprint density at radius 2 is 2.10 bits per heavy atom. The molecule has 20 heavy (non-hydrogen) atoms. The Morgan fingerprint density at radius 3 is 2.70 bits per heavy atom. The van der Waals surface area contributed by atoms with E-state index in [1.54, 1.807) is 29.3 Å². The highest BCUT2D eigenvalue weighted by atomic mass is 32.2. The molecular formula is C12H15N5O2S. The molecule has 0 saturated carbocycles. The molecule has 0 saturated heterocycles. The molecule has 106 valence electrons. The van der Waals surface area contributed by atoms with E-state index in [0.29, 0.717) is 18.1 Å². The predicted octanol–water partition coefficient (Wildman–Crippen LogP) is 1.15. The molecule has 2 rings (SSSR count). The van der Waals surface area contributed by atoms with E-state index in [4.69, 9.17) is 0 Å². The SMILES string of the molecule is CCN(CC)C(=O)n1cnc([S+]([O-])c2ccccn2)n1. The third-order valence-corrected chi connectivity index (χ3v) is 3.83. The first-order chi connectivity index (χ1) is 9.67. The number of aromatic nitrogens is 4. The summed E-state index contributed by atoms with van der Waals surface area (Å²) < 4.78 is 13.3. The Balaban J connectivity index is 2.19. The number of amides is 1. The smallest absolute Gasteiger partial charge is 0.369 e. The van der Waals surface area contributed by atoms with Crippen LogP contribution in [0.3, 0.4) is 0 Å². The molecular weight excluding hydrogens is 278 g/mol. The van der Waals surface area contributed by atoms with Gasteiger partial charge in [0, 0.05) is 25.4 Å². The maximum Gasteiger partial charge on any atom is 0.369 e. The first-order valence-corrected chi connectivity index (χ1v) is 7.36. The van der Waals surface area contributed by atoms with Gasteiger partial charge in [0.25, 0.3) is 5.03 Å². The van der Waals surface area contributed by atoms with E-state index in [-0.39, 0.29) is 11.2 Å². The molecule has 0 spiro atoms. The van der Waals surface area contributed by atoms with E-state index in [2.05, 4.69) is 15.1 Å². The van der Waals surface area contributed by atoms with Crippen molar-refractivity contribution in [1.29, 1.82) is 0 Å². The quantitative estimate of drug-likeness (QED) is 0.789. The second kappa shape index (κ2) is 6.49. The number of carbonyl (C=O) groups is 1. The Labute approximate surface area is 119 Å². The van der Waals surface area contributed by atoms with Crippen molar-refractivity contribution in [3.05, 3.63) is 30.7 Å². The van der Waals surface area contributed by atoms with Gasteiger partial charge in [-0.3, -0.25) is 0 Å². The molecule has 2 heterocycles. The maximum atomic E-state index is 12.2. The molecule has 8 heteroatoms. The Kier molecular flexibility index (Phi) is 4.70. The first-order valence-electron chi connectivity index (χ1n) is 6.21. The fourth-order valence-corrected chi connectivity index (χ4v) is 2.47. The summed E-state index contributed by atoms with van der Waals surface area (Å²) in [7, 11) is 0. The molecule has 0 aliphatic heterocycles. The van der Waals surface area contributed by atoms with Crippen molar-refractivity contribution in [3.8, 4) is 0 Å². The van der Waals surface area contributed by atoms with Gasteiger partial charge in [-0.15, -0.1) is 0 Å². The molecule has 0 radical (unpaired) electrons. The summed E-state index contributed by atoms with van der Waals surface area (Å²) in [6.45, 7) is 4.91. The summed E-state index contributed by atoms with van der Waals surface area (Å²) in [5.74, 6) is 0. The number of carbonyl (C=O) groups excluding carboxylic acids is 1. The van der Waals surface area contributed by atoms with E-state index in [9.17, 15) is 9.35 Å². The zero-order chi connectivity index (χ0) is 14.5. The van der Waals surface area contributed by atoms with Gasteiger partial charge in [-0.05, 0) is 19.9 Å². The van der Waals surface area contributed by atoms with Gasteiger partial charge in [0.15, 0.2) is 0 Å². The van der Waals surface area contributed by atoms with Gasteiger partial charge in [-0.2, -0.15) is 9.67 Å². The van der Waals surface area contributed by atoms with Crippen molar-refractivity contribution in [2.75, 3.05) is 13.1 Å². The second-order valence-electron chi connectivity index (χ2n) is 3.86. The third-order valence-electron chi connectivity index (χ3n) is 2.69. The van der Waals surface area contributed by atoms with Crippen LogP contribution in [0.25, 0.3) is 0 Å². The van der Waals surface area contributed by atoms with Crippen molar-refractivity contribution in [3.63, 3.8) is 0 Å². The number of hydrogen-bond acceptors (Lipinski definition) is 5. The van der Waals surface area contributed by atoms with E-state index >= 15 is 0 Å². The summed E-state index contributed by atoms with van der Waals surface area (Å²) in [6, 6.07) is 4.81. The van der Waals surface area contributed by atoms with Crippen molar-refractivity contribution < 1.29 is 9.35 Å². The molecule has 0 aliphatic rings. The lowest BCUT2D eigenvalue weighted by Gasteiger charge is -2.16. The van der Waals surface area contributed by atoms with E-state index in [1.165, 1.54) is 6.33 Å². The average Bonchev–Trinajstić information content (AvgIpc) is 2.98. The molecule has 1 unspecified atom stereocenters. The van der Waals surface area contributed by atoms with Gasteiger partial charge in [-0.1, -0.05) is 11.2 Å². The van der Waals surface area contributed by atoms with Crippen molar-refractivity contribution in [2.45, 2.75) is 24.0 Å². The highest BCUT2D eigenvalue weighted by molar-refractivity contribution is 7.91. The summed E-state index contributed by atoms with van der Waals surface area (Å²) >= 11 is -1.58. The van der Waals surface area contributed by atoms with Crippen molar-refractivity contribution in [1.82, 2.24) is 24.6 Å². The van der Waals surface area contributed by atoms with Crippen molar-refractivity contribution >= 4 is 17.2 Å². The molecule has 7 nitrogen and oxygen atoms in total. The topological polar surface area (TPSA) is 87.0 Å². The Morgan fingerprint density at radius 1 is 1.35 bits per heavy atom. The van der Waals surface area contributed by atoms with Crippen LogP contribution >= 0.6 is 0 Å². The van der Waals surface area contributed by atoms with Crippen LogP contribution in [0.2, 0.25) is 0 Å². The van der Waals surface area contributed by atoms with Gasteiger partial charge >= 0.3 is 11.2 Å². The fraction of sp³-hybridized carbons (Fsp3) is 0.333. The maximum absolute atomic E-state index is 12.2. The number of pyridine rings is 1. The second-order valence-corrected chi connectivity index (χ2v) is 5.18. The minimum atomic E-state index is -1.58. The summed E-state index contributed by atoms with van der Waals surface area (Å²) in [5, 5.41) is 4.41. The van der Waals surface area contributed by atoms with Crippen LogP contribution < -0.4 is 0 Å². The van der Waals surface area contributed by atoms with Crippen LogP contribution in [0, 0.1) is 0 Å². The van der Waals surface area contributed by atoms with Crippen molar-refractivity contribution in [2.24, 2.45) is 0 Å². The molecule has 0 N–H and O–H groups in total. The minimum absolute atomic E-state index is 0.0733. The van der Waals surface area contributed by atoms with Gasteiger partial charge < -0.3 is 9.45 Å². The minimum Gasteiger partial charge on any atom is -0.603 e. The molecule has 0 bridgehead atoms. The molecule has 0 fully saturated rings. The molecule has 1 amide bonds. The molecule has 0 aromatic carbocycles. The summed E-state index contributed by atoms with van der Waals surface area (Å²) in [5.41, 5.74) is 0. The Bertz CT molecular complexity index is 570. The zero-order valence-corrected chi connectivity index (χ0v) is 12.1. The van der Waals surface area contributed by atoms with Crippen LogP contribution in [0.4, 0.5) is 4.79 Å². The largest absolute Gasteiger partial charge is 0.603 e. The van der Waals surface area contributed by atoms with Gasteiger partial charge in [0.2, 0.25) is 0 Å². The fourth-order valence-electron chi connectivity index (χ4n) is 1.61. The average molecular weight is 293 g/mol. The lowest BCUT2D eigenvalue weighted by atomic mass is 10.5. The molecule has 1 atom stereocenters. The van der Waals surface area contributed by atoms with Crippen LogP contribution in [-0.2, 0) is 11.2 Å². The van der Waals surface area contributed by atoms with Crippen LogP contribution in [0.1, 0.15) is 13.8 Å². The predicted molar refractivity (Wildman–Crippen MR) is 72.6 cm³/mol. The normalized spacial score (nSPS) is 12.2. The van der Waals surface area contributed by atoms with E-state index in [1.807, 2.05) is 13.8 Å². The number of hydrogen-bond donors (Lipinski definition) is 0. The number of rotatable bonds is 4. The zero-order valence-electron chi connectivity index (χ0n) is 11.3. The van der Waals surface area contributed by atoms with E-state index in [0.717, 1.165) is 4.68 Å². The van der Waals surface area contributed by atoms with E-state index < -0.39 is 11.2 Å². The van der Waals surface area contributed by atoms with Crippen LogP contribution in [0.5, 0.6) is 0 Å². The van der Waals surface area contributed by atoms with Gasteiger partial charge in [0.1, 0.15) is 6.33 Å². The standard InChI is InChI=1S/C12H15N5O2S/c1-3-16(4-2)12(18)17-9-14-11(15-17)20(19)10-7-5-6-8-13-10/h5-9H,3-4H2,1-2H3. The highest BCUT2D eigenvalue weighted by Gasteiger charge is 2.23. The molecule has 2 aromatic rings. The highest BCUT2D eigenvalue weighted by Crippen LogP contribution is 2.13. The van der Waals surface area contributed by atoms with Crippen LogP contribution in [-0.4, -0.2) is 48.3 Å². The summed E-state index contributed by atoms with van der Waals surface area (Å²) in [6.07, 6.45) is 2.82. The third kappa shape index (κ3) is 2.97. The van der Waals surface area contributed by atoms with Gasteiger partial charge in [-0.25, -0.2) is 9.78 Å². The summed E-state index contributed by atoms with van der Waals surface area (Å²) in [4.78, 5) is 21.6. The van der Waals surface area contributed by atoms with Crippen LogP contribution in [0.15, 0.2) is 40.9 Å². The first kappa shape index (κ1) is 14.5. The molecule has 2 aromatic heterocycles. The lowest BCUT2D eigenvalue weighted by molar-refractivity contribution is 0.201.